The Bertz CT molecular complexity index is 232. The summed E-state index contributed by atoms with van der Waals surface area (Å²) in [4.78, 5) is 11.9. The summed E-state index contributed by atoms with van der Waals surface area (Å²) in [7, 11) is 0. The van der Waals surface area contributed by atoms with E-state index in [-0.39, 0.29) is 11.3 Å². The second-order valence-corrected chi connectivity index (χ2v) is 5.76. The molecule has 94 valence electrons. The monoisotopic (exact) mass is 227 g/mol. The van der Waals surface area contributed by atoms with Crippen LogP contribution in [0.2, 0.25) is 0 Å². The van der Waals surface area contributed by atoms with Crippen LogP contribution < -0.4 is 5.32 Å². The first-order valence-corrected chi connectivity index (χ1v) is 6.40. The van der Waals surface area contributed by atoms with Crippen molar-refractivity contribution in [3.63, 3.8) is 0 Å². The minimum atomic E-state index is -0.408. The van der Waals surface area contributed by atoms with Crippen molar-refractivity contribution < 1.29 is 9.90 Å². The van der Waals surface area contributed by atoms with Crippen molar-refractivity contribution >= 4 is 5.91 Å². The highest BCUT2D eigenvalue weighted by molar-refractivity contribution is 5.82. The van der Waals surface area contributed by atoms with E-state index in [1.165, 1.54) is 0 Å². The maximum absolute atomic E-state index is 11.9. The van der Waals surface area contributed by atoms with Crippen LogP contribution >= 0.6 is 0 Å². The second-order valence-electron chi connectivity index (χ2n) is 5.76. The zero-order valence-electron chi connectivity index (χ0n) is 10.8. The maximum atomic E-state index is 11.9. The van der Waals surface area contributed by atoms with Crippen molar-refractivity contribution in [1.82, 2.24) is 5.32 Å². The van der Waals surface area contributed by atoms with Gasteiger partial charge in [-0.05, 0) is 25.2 Å². The molecule has 16 heavy (non-hydrogen) atoms. The van der Waals surface area contributed by atoms with Gasteiger partial charge >= 0.3 is 0 Å². The number of aliphatic hydroxyl groups excluding tert-OH is 1. The number of hydrogen-bond acceptors (Lipinski definition) is 2. The molecule has 0 aromatic carbocycles. The average Bonchev–Trinajstić information content (AvgIpc) is 2.62. The molecule has 1 unspecified atom stereocenters. The minimum absolute atomic E-state index is 0.118. The zero-order valence-corrected chi connectivity index (χ0v) is 10.8. The zero-order chi connectivity index (χ0) is 12.2. The molecule has 1 amide bonds. The normalized spacial score (nSPS) is 21.1. The first-order chi connectivity index (χ1) is 7.44. The molecule has 1 saturated carbocycles. The van der Waals surface area contributed by atoms with Gasteiger partial charge in [0.05, 0.1) is 6.10 Å². The molecule has 0 aromatic rings. The summed E-state index contributed by atoms with van der Waals surface area (Å²) in [5.41, 5.74) is -0.183. The Morgan fingerprint density at radius 1 is 1.38 bits per heavy atom. The van der Waals surface area contributed by atoms with Crippen LogP contribution in [0.15, 0.2) is 0 Å². The van der Waals surface area contributed by atoms with E-state index >= 15 is 0 Å². The molecule has 0 heterocycles. The third-order valence-electron chi connectivity index (χ3n) is 3.50. The van der Waals surface area contributed by atoms with E-state index in [4.69, 9.17) is 0 Å². The Balaban J connectivity index is 2.29. The molecule has 1 aliphatic carbocycles. The van der Waals surface area contributed by atoms with Gasteiger partial charge in [-0.15, -0.1) is 0 Å². The van der Waals surface area contributed by atoms with Crippen molar-refractivity contribution in [3.05, 3.63) is 0 Å². The molecule has 3 nitrogen and oxygen atoms in total. The summed E-state index contributed by atoms with van der Waals surface area (Å²) in [6.45, 7) is 6.57. The Morgan fingerprint density at radius 2 is 1.94 bits per heavy atom. The van der Waals surface area contributed by atoms with Crippen molar-refractivity contribution in [3.8, 4) is 0 Å². The number of carbonyl (C=O) groups excluding carboxylic acids is 1. The number of amides is 1. The van der Waals surface area contributed by atoms with Gasteiger partial charge in [0.25, 0.3) is 0 Å². The molecule has 1 fully saturated rings. The third kappa shape index (κ3) is 3.78. The van der Waals surface area contributed by atoms with Gasteiger partial charge in [0, 0.05) is 12.0 Å². The lowest BCUT2D eigenvalue weighted by Gasteiger charge is -2.23. The van der Waals surface area contributed by atoms with Gasteiger partial charge in [-0.25, -0.2) is 0 Å². The van der Waals surface area contributed by atoms with Crippen LogP contribution in [0.4, 0.5) is 0 Å². The Labute approximate surface area is 98.6 Å². The van der Waals surface area contributed by atoms with Crippen LogP contribution in [0.25, 0.3) is 0 Å². The topological polar surface area (TPSA) is 49.3 Å². The molecule has 0 bridgehead atoms. The highest BCUT2D eigenvalue weighted by Gasteiger charge is 2.36. The van der Waals surface area contributed by atoms with Gasteiger partial charge in [-0.2, -0.15) is 0 Å². The predicted molar refractivity (Wildman–Crippen MR) is 65.0 cm³/mol. The van der Waals surface area contributed by atoms with Gasteiger partial charge in [0.15, 0.2) is 0 Å². The Kier molecular flexibility index (Phi) is 4.78. The number of aliphatic hydroxyl groups is 1. The molecule has 3 heteroatoms. The number of rotatable bonds is 5. The van der Waals surface area contributed by atoms with Gasteiger partial charge in [-0.1, -0.05) is 33.6 Å². The highest BCUT2D eigenvalue weighted by Crippen LogP contribution is 2.37. The van der Waals surface area contributed by atoms with Crippen LogP contribution in [-0.4, -0.2) is 23.7 Å². The molecular formula is C13H25NO2. The van der Waals surface area contributed by atoms with E-state index in [0.29, 0.717) is 12.5 Å². The summed E-state index contributed by atoms with van der Waals surface area (Å²) >= 11 is 0. The molecule has 1 aliphatic rings. The first-order valence-electron chi connectivity index (χ1n) is 6.40. The van der Waals surface area contributed by atoms with E-state index in [9.17, 15) is 9.90 Å². The lowest BCUT2D eigenvalue weighted by Crippen LogP contribution is -2.41. The van der Waals surface area contributed by atoms with Crippen molar-refractivity contribution in [2.45, 2.75) is 59.0 Å². The lowest BCUT2D eigenvalue weighted by atomic mass is 9.88. The largest absolute Gasteiger partial charge is 0.391 e. The Hall–Kier alpha value is -0.570. The van der Waals surface area contributed by atoms with Crippen LogP contribution in [0.1, 0.15) is 52.9 Å². The van der Waals surface area contributed by atoms with Crippen LogP contribution in [0.3, 0.4) is 0 Å². The smallest absolute Gasteiger partial charge is 0.226 e. The molecule has 1 atom stereocenters. The van der Waals surface area contributed by atoms with Crippen LogP contribution in [0, 0.1) is 11.3 Å². The number of hydrogen-bond donors (Lipinski definition) is 2. The molecule has 0 spiro atoms. The van der Waals surface area contributed by atoms with E-state index in [0.717, 1.165) is 32.1 Å². The van der Waals surface area contributed by atoms with E-state index in [2.05, 4.69) is 19.2 Å². The third-order valence-corrected chi connectivity index (χ3v) is 3.50. The fourth-order valence-electron chi connectivity index (χ4n) is 2.43. The van der Waals surface area contributed by atoms with Crippen molar-refractivity contribution in [2.75, 3.05) is 6.54 Å². The van der Waals surface area contributed by atoms with Crippen LogP contribution in [-0.2, 0) is 4.79 Å². The quantitative estimate of drug-likeness (QED) is 0.755. The fourth-order valence-corrected chi connectivity index (χ4v) is 2.43. The van der Waals surface area contributed by atoms with Gasteiger partial charge in [0.1, 0.15) is 0 Å². The molecule has 2 N–H and O–H groups in total. The number of carbonyl (C=O) groups is 1. The van der Waals surface area contributed by atoms with E-state index < -0.39 is 6.10 Å². The molecule has 1 rings (SSSR count). The predicted octanol–water partition coefficient (Wildman–Crippen LogP) is 2.09. The minimum Gasteiger partial charge on any atom is -0.391 e. The summed E-state index contributed by atoms with van der Waals surface area (Å²) in [5, 5.41) is 12.6. The lowest BCUT2D eigenvalue weighted by molar-refractivity contribution is -0.130. The van der Waals surface area contributed by atoms with E-state index in [1.54, 1.807) is 0 Å². The first kappa shape index (κ1) is 13.5. The molecule has 0 aliphatic heterocycles. The SMILES string of the molecule is CC(C)CC(O)CNC(=O)C1(C)CCCC1. The van der Waals surface area contributed by atoms with Gasteiger partial charge in [0.2, 0.25) is 5.91 Å². The summed E-state index contributed by atoms with van der Waals surface area (Å²) in [6, 6.07) is 0. The summed E-state index contributed by atoms with van der Waals surface area (Å²) in [6.07, 6.45) is 4.61. The number of nitrogens with one attached hydrogen (secondary N) is 1. The van der Waals surface area contributed by atoms with Crippen LogP contribution in [0.5, 0.6) is 0 Å². The summed E-state index contributed by atoms with van der Waals surface area (Å²) < 4.78 is 0. The fraction of sp³-hybridized carbons (Fsp3) is 0.923. The van der Waals surface area contributed by atoms with Crippen molar-refractivity contribution in [2.24, 2.45) is 11.3 Å². The van der Waals surface area contributed by atoms with Gasteiger partial charge in [-0.3, -0.25) is 4.79 Å². The molecule has 0 saturated heterocycles. The van der Waals surface area contributed by atoms with E-state index in [1.807, 2.05) is 6.92 Å². The molecule has 0 aromatic heterocycles. The van der Waals surface area contributed by atoms with Crippen molar-refractivity contribution in [1.29, 1.82) is 0 Å². The van der Waals surface area contributed by atoms with Gasteiger partial charge < -0.3 is 10.4 Å². The average molecular weight is 227 g/mol. The second kappa shape index (κ2) is 5.67. The molecule has 0 radical (unpaired) electrons. The highest BCUT2D eigenvalue weighted by atomic mass is 16.3. The summed E-state index contributed by atoms with van der Waals surface area (Å²) in [5.74, 6) is 0.585. The Morgan fingerprint density at radius 3 is 2.44 bits per heavy atom. The standard InChI is InChI=1S/C13H25NO2/c1-10(2)8-11(15)9-14-12(16)13(3)6-4-5-7-13/h10-11,15H,4-9H2,1-3H3,(H,14,16). The maximum Gasteiger partial charge on any atom is 0.226 e. The molecular weight excluding hydrogens is 202 g/mol.